The fraction of sp³-hybridized carbons (Fsp3) is 0.324. The summed E-state index contributed by atoms with van der Waals surface area (Å²) >= 11 is 0. The van der Waals surface area contributed by atoms with Gasteiger partial charge in [-0.3, -0.25) is 4.98 Å². The van der Waals surface area contributed by atoms with Crippen LogP contribution in [0.2, 0.25) is 0 Å². The molecule has 2 nitrogen and oxygen atoms in total. The summed E-state index contributed by atoms with van der Waals surface area (Å²) in [5, 5.41) is 2.36. The highest BCUT2D eigenvalue weighted by atomic mass is 16.3. The number of hydrogen-bond donors (Lipinski definition) is 0. The molecule has 2 heterocycles. The summed E-state index contributed by atoms with van der Waals surface area (Å²) in [7, 11) is 0. The molecule has 180 valence electrons. The van der Waals surface area contributed by atoms with E-state index < -0.39 is 0 Å². The monoisotopic (exact) mass is 471 g/mol. The van der Waals surface area contributed by atoms with E-state index in [0.29, 0.717) is 0 Å². The molecule has 3 saturated carbocycles. The Balaban J connectivity index is 1.26. The molecule has 3 aliphatic rings. The zero-order valence-corrected chi connectivity index (χ0v) is 21.3. The van der Waals surface area contributed by atoms with Crippen LogP contribution in [-0.4, -0.2) is 4.98 Å². The minimum absolute atomic E-state index is 0.859. The van der Waals surface area contributed by atoms with Crippen molar-refractivity contribution in [2.75, 3.05) is 0 Å². The summed E-state index contributed by atoms with van der Waals surface area (Å²) in [4.78, 5) is 4.78. The Morgan fingerprint density at radius 2 is 1.67 bits per heavy atom. The van der Waals surface area contributed by atoms with E-state index in [2.05, 4.69) is 80.6 Å². The molecule has 0 aliphatic heterocycles. The topological polar surface area (TPSA) is 26.0 Å². The van der Waals surface area contributed by atoms with Gasteiger partial charge in [-0.05, 0) is 116 Å². The summed E-state index contributed by atoms with van der Waals surface area (Å²) < 4.78 is 6.42. The van der Waals surface area contributed by atoms with Gasteiger partial charge in [0.1, 0.15) is 11.2 Å². The average molecular weight is 472 g/mol. The lowest BCUT2D eigenvalue weighted by atomic mass is 9.63. The molecular formula is C34H33NO. The molecule has 5 aromatic rings. The van der Waals surface area contributed by atoms with Gasteiger partial charge in [0.05, 0.1) is 5.69 Å². The first-order chi connectivity index (χ1) is 17.6. The predicted molar refractivity (Wildman–Crippen MR) is 149 cm³/mol. The molecule has 3 aliphatic carbocycles. The molecule has 8 rings (SSSR count). The summed E-state index contributed by atoms with van der Waals surface area (Å²) in [5.74, 6) is 2.78. The quantitative estimate of drug-likeness (QED) is 0.261. The number of hydrogen-bond acceptors (Lipinski definition) is 2. The molecule has 0 radical (unpaired) electrons. The zero-order chi connectivity index (χ0) is 24.2. The van der Waals surface area contributed by atoms with E-state index in [1.165, 1.54) is 82.7 Å². The van der Waals surface area contributed by atoms with Crippen LogP contribution in [0.4, 0.5) is 0 Å². The Labute approximate surface area is 213 Å². The van der Waals surface area contributed by atoms with Gasteiger partial charge in [0, 0.05) is 28.1 Å². The summed E-state index contributed by atoms with van der Waals surface area (Å²) in [6.07, 6.45) is 10.5. The Bertz CT molecular complexity index is 1570. The van der Waals surface area contributed by atoms with Gasteiger partial charge in [-0.15, -0.1) is 0 Å². The molecule has 0 saturated heterocycles. The molecule has 1 unspecified atom stereocenters. The van der Waals surface area contributed by atoms with Crippen LogP contribution in [0.15, 0.2) is 77.3 Å². The molecule has 0 N–H and O–H groups in total. The standard InChI is InChI=1S/C34H33NO/c1-21-16-30-29-20-27(12-13-32(29)36-34(30)22(2)33(21)26-6-4-3-5-7-26)31-19-24(14-15-35-31)18-28-17-23-8-10-25(28)11-9-23/h3-7,12-16,19-20,23,25,28H,8-11,17-18H2,1-2H3. The van der Waals surface area contributed by atoms with E-state index in [0.717, 1.165) is 34.6 Å². The highest BCUT2D eigenvalue weighted by Gasteiger charge is 2.35. The van der Waals surface area contributed by atoms with Gasteiger partial charge >= 0.3 is 0 Å². The molecule has 3 aromatic carbocycles. The lowest BCUT2D eigenvalue weighted by Crippen LogP contribution is -2.32. The van der Waals surface area contributed by atoms with Crippen molar-refractivity contribution in [1.82, 2.24) is 4.98 Å². The van der Waals surface area contributed by atoms with Crippen LogP contribution in [0.3, 0.4) is 0 Å². The smallest absolute Gasteiger partial charge is 0.138 e. The van der Waals surface area contributed by atoms with Crippen molar-refractivity contribution in [3.05, 3.63) is 89.6 Å². The highest BCUT2D eigenvalue weighted by molar-refractivity contribution is 6.09. The molecule has 2 bridgehead atoms. The third-order valence-corrected chi connectivity index (χ3v) is 9.07. The van der Waals surface area contributed by atoms with Gasteiger partial charge < -0.3 is 4.42 Å². The molecular weight excluding hydrogens is 438 g/mol. The van der Waals surface area contributed by atoms with Crippen LogP contribution in [0.1, 0.15) is 48.8 Å². The van der Waals surface area contributed by atoms with E-state index in [4.69, 9.17) is 9.40 Å². The van der Waals surface area contributed by atoms with E-state index in [-0.39, 0.29) is 0 Å². The van der Waals surface area contributed by atoms with E-state index in [1.807, 2.05) is 6.20 Å². The molecule has 2 heteroatoms. The largest absolute Gasteiger partial charge is 0.456 e. The normalized spacial score (nSPS) is 21.4. The maximum absolute atomic E-state index is 6.42. The van der Waals surface area contributed by atoms with Crippen LogP contribution in [0.5, 0.6) is 0 Å². The number of furan rings is 1. The third-order valence-electron chi connectivity index (χ3n) is 9.07. The lowest BCUT2D eigenvalue weighted by molar-refractivity contribution is 0.0991. The van der Waals surface area contributed by atoms with Crippen LogP contribution >= 0.6 is 0 Å². The van der Waals surface area contributed by atoms with Gasteiger partial charge in [0.2, 0.25) is 0 Å². The summed E-state index contributed by atoms with van der Waals surface area (Å²) in [5.41, 5.74) is 10.6. The van der Waals surface area contributed by atoms with Crippen molar-refractivity contribution < 1.29 is 4.42 Å². The third kappa shape index (κ3) is 3.66. The van der Waals surface area contributed by atoms with Crippen molar-refractivity contribution in [2.24, 2.45) is 17.8 Å². The first-order valence-corrected chi connectivity index (χ1v) is 13.6. The number of aryl methyl sites for hydroxylation is 2. The predicted octanol–water partition coefficient (Wildman–Crippen LogP) is 9.30. The number of pyridine rings is 1. The average Bonchev–Trinajstić information content (AvgIpc) is 3.28. The Morgan fingerprint density at radius 1 is 0.833 bits per heavy atom. The van der Waals surface area contributed by atoms with Crippen molar-refractivity contribution in [1.29, 1.82) is 0 Å². The van der Waals surface area contributed by atoms with E-state index >= 15 is 0 Å². The number of benzene rings is 3. The molecule has 0 amide bonds. The van der Waals surface area contributed by atoms with Gasteiger partial charge in [0.25, 0.3) is 0 Å². The number of rotatable bonds is 4. The van der Waals surface area contributed by atoms with Crippen molar-refractivity contribution >= 4 is 21.9 Å². The first-order valence-electron chi connectivity index (χ1n) is 13.6. The highest BCUT2D eigenvalue weighted by Crippen LogP contribution is 2.46. The summed E-state index contributed by atoms with van der Waals surface area (Å²) in [6.45, 7) is 4.39. The van der Waals surface area contributed by atoms with Gasteiger partial charge in [-0.25, -0.2) is 0 Å². The maximum Gasteiger partial charge on any atom is 0.138 e. The summed E-state index contributed by atoms with van der Waals surface area (Å²) in [6, 6.07) is 24.0. The van der Waals surface area contributed by atoms with Crippen LogP contribution in [0, 0.1) is 31.6 Å². The molecule has 36 heavy (non-hydrogen) atoms. The van der Waals surface area contributed by atoms with Crippen LogP contribution in [0.25, 0.3) is 44.3 Å². The minimum atomic E-state index is 0.859. The van der Waals surface area contributed by atoms with Crippen LogP contribution in [-0.2, 0) is 6.42 Å². The van der Waals surface area contributed by atoms with Gasteiger partial charge in [-0.1, -0.05) is 43.2 Å². The second-order valence-corrected chi connectivity index (χ2v) is 11.3. The Kier molecular flexibility index (Phi) is 5.23. The number of fused-ring (bicyclic) bond motifs is 6. The van der Waals surface area contributed by atoms with E-state index in [1.54, 1.807) is 0 Å². The first kappa shape index (κ1) is 21.9. The fourth-order valence-corrected chi connectivity index (χ4v) is 7.27. The molecule has 3 fully saturated rings. The maximum atomic E-state index is 6.42. The van der Waals surface area contributed by atoms with Gasteiger partial charge in [0.15, 0.2) is 0 Å². The molecule has 1 atom stereocenters. The molecule has 2 aromatic heterocycles. The van der Waals surface area contributed by atoms with Crippen molar-refractivity contribution in [3.63, 3.8) is 0 Å². The fourth-order valence-electron chi connectivity index (χ4n) is 7.27. The van der Waals surface area contributed by atoms with Crippen LogP contribution < -0.4 is 0 Å². The zero-order valence-electron chi connectivity index (χ0n) is 21.3. The SMILES string of the molecule is Cc1cc2c(oc3ccc(-c4cc(CC5CC6CCC5CC6)ccn4)cc32)c(C)c1-c1ccccc1. The van der Waals surface area contributed by atoms with Gasteiger partial charge in [-0.2, -0.15) is 0 Å². The Morgan fingerprint density at radius 3 is 2.44 bits per heavy atom. The number of nitrogens with zero attached hydrogens (tertiary/aromatic N) is 1. The Hall–Kier alpha value is -3.39. The lowest BCUT2D eigenvalue weighted by Gasteiger charge is -2.42. The minimum Gasteiger partial charge on any atom is -0.456 e. The second-order valence-electron chi connectivity index (χ2n) is 11.3. The second kappa shape index (κ2) is 8.62. The van der Waals surface area contributed by atoms with Crippen molar-refractivity contribution in [3.8, 4) is 22.4 Å². The van der Waals surface area contributed by atoms with E-state index in [9.17, 15) is 0 Å². The van der Waals surface area contributed by atoms with Crippen molar-refractivity contribution in [2.45, 2.75) is 52.4 Å². The number of aromatic nitrogens is 1. The molecule has 0 spiro atoms.